The van der Waals surface area contributed by atoms with Crippen LogP contribution >= 0.6 is 0 Å². The molecule has 0 aliphatic heterocycles. The van der Waals surface area contributed by atoms with Crippen LogP contribution in [0.15, 0.2) is 30.3 Å². The molecule has 0 unspecified atom stereocenters. The summed E-state index contributed by atoms with van der Waals surface area (Å²) < 4.78 is 5.27. The zero-order chi connectivity index (χ0) is 13.8. The van der Waals surface area contributed by atoms with Gasteiger partial charge < -0.3 is 9.64 Å². The molecule has 1 aromatic carbocycles. The molecule has 0 atom stereocenters. The number of para-hydroxylation sites is 1. The van der Waals surface area contributed by atoms with Crippen LogP contribution in [0.2, 0.25) is 0 Å². The Bertz CT molecular complexity index is 473. The lowest BCUT2D eigenvalue weighted by Gasteiger charge is -2.25. The molecule has 0 bridgehead atoms. The van der Waals surface area contributed by atoms with Crippen LogP contribution in [0.25, 0.3) is 6.08 Å². The largest absolute Gasteiger partial charge is 0.496 e. The Kier molecular flexibility index (Phi) is 4.25. The highest BCUT2D eigenvalue weighted by Gasteiger charge is 2.33. The molecule has 1 aliphatic carbocycles. The van der Waals surface area contributed by atoms with E-state index >= 15 is 0 Å². The molecule has 1 saturated carbocycles. The molecule has 1 aromatic rings. The van der Waals surface area contributed by atoms with Crippen LogP contribution in [0.5, 0.6) is 5.75 Å². The molecule has 0 saturated heterocycles. The Labute approximate surface area is 114 Å². The summed E-state index contributed by atoms with van der Waals surface area (Å²) in [5.74, 6) is 0.873. The molecule has 2 rings (SSSR count). The average molecular weight is 259 g/mol. The van der Waals surface area contributed by atoms with Crippen LogP contribution in [0, 0.1) is 0 Å². The SMILES string of the molecule is COc1ccccc1/C=C/C(=O)N(C(C)C)C1CC1. The number of nitrogens with zero attached hydrogens (tertiary/aromatic N) is 1. The van der Waals surface area contributed by atoms with E-state index in [1.54, 1.807) is 13.2 Å². The lowest BCUT2D eigenvalue weighted by atomic mass is 10.2. The molecule has 19 heavy (non-hydrogen) atoms. The third-order valence-corrected chi connectivity index (χ3v) is 3.30. The molecule has 102 valence electrons. The normalized spacial score (nSPS) is 14.9. The van der Waals surface area contributed by atoms with Crippen LogP contribution in [0.3, 0.4) is 0 Å². The number of benzene rings is 1. The summed E-state index contributed by atoms with van der Waals surface area (Å²) in [5, 5.41) is 0. The first-order valence-corrected chi connectivity index (χ1v) is 6.77. The van der Waals surface area contributed by atoms with Crippen LogP contribution in [-0.2, 0) is 4.79 Å². The third kappa shape index (κ3) is 3.37. The van der Waals surface area contributed by atoms with Crippen molar-refractivity contribution in [1.29, 1.82) is 0 Å². The predicted octanol–water partition coefficient (Wildman–Crippen LogP) is 3.11. The summed E-state index contributed by atoms with van der Waals surface area (Å²) in [6, 6.07) is 8.39. The van der Waals surface area contributed by atoms with E-state index in [2.05, 4.69) is 13.8 Å². The van der Waals surface area contributed by atoms with Crippen molar-refractivity contribution in [2.45, 2.75) is 38.8 Å². The number of carbonyl (C=O) groups is 1. The van der Waals surface area contributed by atoms with Gasteiger partial charge in [-0.2, -0.15) is 0 Å². The van der Waals surface area contributed by atoms with Crippen molar-refractivity contribution in [2.75, 3.05) is 7.11 Å². The van der Waals surface area contributed by atoms with E-state index in [1.807, 2.05) is 35.2 Å². The second kappa shape index (κ2) is 5.91. The van der Waals surface area contributed by atoms with E-state index in [4.69, 9.17) is 4.74 Å². The molecule has 0 aromatic heterocycles. The highest BCUT2D eigenvalue weighted by molar-refractivity contribution is 5.92. The number of rotatable bonds is 5. The van der Waals surface area contributed by atoms with E-state index in [0.717, 1.165) is 24.2 Å². The van der Waals surface area contributed by atoms with Gasteiger partial charge >= 0.3 is 0 Å². The Hall–Kier alpha value is -1.77. The number of carbonyl (C=O) groups excluding carboxylic acids is 1. The molecular formula is C16H21NO2. The van der Waals surface area contributed by atoms with E-state index in [0.29, 0.717) is 6.04 Å². The van der Waals surface area contributed by atoms with Gasteiger partial charge in [-0.1, -0.05) is 18.2 Å². The maximum atomic E-state index is 12.2. The van der Waals surface area contributed by atoms with Crippen LogP contribution < -0.4 is 4.74 Å². The monoisotopic (exact) mass is 259 g/mol. The molecule has 3 heteroatoms. The minimum atomic E-state index is 0.0865. The van der Waals surface area contributed by atoms with E-state index in [1.165, 1.54) is 0 Å². The molecule has 0 spiro atoms. The van der Waals surface area contributed by atoms with Gasteiger partial charge in [-0.3, -0.25) is 4.79 Å². The maximum absolute atomic E-state index is 12.2. The van der Waals surface area contributed by atoms with Gasteiger partial charge in [0, 0.05) is 23.7 Å². The second-order valence-corrected chi connectivity index (χ2v) is 5.15. The second-order valence-electron chi connectivity index (χ2n) is 5.15. The predicted molar refractivity (Wildman–Crippen MR) is 77.0 cm³/mol. The van der Waals surface area contributed by atoms with Gasteiger partial charge in [0.05, 0.1) is 7.11 Å². The van der Waals surface area contributed by atoms with Crippen molar-refractivity contribution in [2.24, 2.45) is 0 Å². The maximum Gasteiger partial charge on any atom is 0.247 e. The highest BCUT2D eigenvalue weighted by Crippen LogP contribution is 2.29. The summed E-state index contributed by atoms with van der Waals surface area (Å²) in [5.41, 5.74) is 0.929. The Morgan fingerprint density at radius 1 is 1.37 bits per heavy atom. The van der Waals surface area contributed by atoms with Crippen molar-refractivity contribution < 1.29 is 9.53 Å². The molecule has 1 amide bonds. The summed E-state index contributed by atoms with van der Waals surface area (Å²) in [6.07, 6.45) is 5.74. The molecule has 0 heterocycles. The highest BCUT2D eigenvalue weighted by atomic mass is 16.5. The van der Waals surface area contributed by atoms with Crippen molar-refractivity contribution in [3.8, 4) is 5.75 Å². The van der Waals surface area contributed by atoms with Crippen molar-refractivity contribution in [3.63, 3.8) is 0 Å². The molecule has 0 radical (unpaired) electrons. The van der Waals surface area contributed by atoms with Crippen molar-refractivity contribution in [3.05, 3.63) is 35.9 Å². The zero-order valence-electron chi connectivity index (χ0n) is 11.8. The average Bonchev–Trinajstić information content (AvgIpc) is 3.21. The zero-order valence-corrected chi connectivity index (χ0v) is 11.8. The molecule has 3 nitrogen and oxygen atoms in total. The quantitative estimate of drug-likeness (QED) is 0.760. The van der Waals surface area contributed by atoms with Gasteiger partial charge in [-0.25, -0.2) is 0 Å². The molecule has 0 N–H and O–H groups in total. The first kappa shape index (κ1) is 13.7. The van der Waals surface area contributed by atoms with Gasteiger partial charge in [-0.15, -0.1) is 0 Å². The van der Waals surface area contributed by atoms with Gasteiger partial charge in [0.2, 0.25) is 5.91 Å². The van der Waals surface area contributed by atoms with Crippen LogP contribution in [-0.4, -0.2) is 30.0 Å². The Balaban J connectivity index is 2.10. The van der Waals surface area contributed by atoms with E-state index < -0.39 is 0 Å². The van der Waals surface area contributed by atoms with Gasteiger partial charge in [0.15, 0.2) is 0 Å². The van der Waals surface area contributed by atoms with Crippen molar-refractivity contribution >= 4 is 12.0 Å². The lowest BCUT2D eigenvalue weighted by molar-refractivity contribution is -0.128. The minimum Gasteiger partial charge on any atom is -0.496 e. The van der Waals surface area contributed by atoms with Gasteiger partial charge in [-0.05, 0) is 38.8 Å². The van der Waals surface area contributed by atoms with E-state index in [9.17, 15) is 4.79 Å². The first-order valence-electron chi connectivity index (χ1n) is 6.77. The summed E-state index contributed by atoms with van der Waals surface area (Å²) in [4.78, 5) is 14.2. The smallest absolute Gasteiger partial charge is 0.247 e. The summed E-state index contributed by atoms with van der Waals surface area (Å²) in [6.45, 7) is 4.13. The topological polar surface area (TPSA) is 29.5 Å². The first-order chi connectivity index (χ1) is 9.13. The number of hydrogen-bond donors (Lipinski definition) is 0. The molecule has 1 fully saturated rings. The number of amides is 1. The standard InChI is InChI=1S/C16H21NO2/c1-12(2)17(14-9-10-14)16(18)11-8-13-6-4-5-7-15(13)19-3/h4-8,11-12,14H,9-10H2,1-3H3/b11-8+. The van der Waals surface area contributed by atoms with Gasteiger partial charge in [0.1, 0.15) is 5.75 Å². The number of hydrogen-bond acceptors (Lipinski definition) is 2. The molecular weight excluding hydrogens is 238 g/mol. The molecule has 1 aliphatic rings. The summed E-state index contributed by atoms with van der Waals surface area (Å²) in [7, 11) is 1.64. The van der Waals surface area contributed by atoms with Gasteiger partial charge in [0.25, 0.3) is 0 Å². The number of methoxy groups -OCH3 is 1. The van der Waals surface area contributed by atoms with E-state index in [-0.39, 0.29) is 11.9 Å². The Morgan fingerprint density at radius 2 is 2.05 bits per heavy atom. The van der Waals surface area contributed by atoms with Crippen molar-refractivity contribution in [1.82, 2.24) is 4.90 Å². The summed E-state index contributed by atoms with van der Waals surface area (Å²) >= 11 is 0. The lowest BCUT2D eigenvalue weighted by Crippen LogP contribution is -2.37. The minimum absolute atomic E-state index is 0.0865. The third-order valence-electron chi connectivity index (χ3n) is 3.30. The van der Waals surface area contributed by atoms with Crippen LogP contribution in [0.1, 0.15) is 32.3 Å². The fraction of sp³-hybridized carbons (Fsp3) is 0.438. The Morgan fingerprint density at radius 3 is 2.63 bits per heavy atom. The fourth-order valence-corrected chi connectivity index (χ4v) is 2.26. The number of ether oxygens (including phenoxy) is 1. The fourth-order valence-electron chi connectivity index (χ4n) is 2.26. The van der Waals surface area contributed by atoms with Crippen LogP contribution in [0.4, 0.5) is 0 Å².